The first kappa shape index (κ1) is 14.8. The van der Waals surface area contributed by atoms with Crippen LogP contribution in [0.5, 0.6) is 5.75 Å². The van der Waals surface area contributed by atoms with Gasteiger partial charge in [-0.05, 0) is 32.4 Å². The Balaban J connectivity index is 2.76. The van der Waals surface area contributed by atoms with E-state index < -0.39 is 9.84 Å². The Morgan fingerprint density at radius 3 is 2.61 bits per heavy atom. The van der Waals surface area contributed by atoms with Gasteiger partial charge in [0, 0.05) is 24.1 Å². The molecule has 4 nitrogen and oxygen atoms in total. The minimum atomic E-state index is -2.97. The van der Waals surface area contributed by atoms with Crippen molar-refractivity contribution in [2.24, 2.45) is 0 Å². The monoisotopic (exact) mass is 271 g/mol. The van der Waals surface area contributed by atoms with Crippen molar-refractivity contribution in [2.75, 3.05) is 23.9 Å². The summed E-state index contributed by atoms with van der Waals surface area (Å²) in [6, 6.07) is 5.66. The molecule has 1 rings (SSSR count). The van der Waals surface area contributed by atoms with Crippen LogP contribution in [0.2, 0.25) is 0 Å². The predicted octanol–water partition coefficient (Wildman–Crippen LogP) is 2.24. The highest BCUT2D eigenvalue weighted by molar-refractivity contribution is 7.90. The van der Waals surface area contributed by atoms with Gasteiger partial charge in [0.15, 0.2) is 0 Å². The molecule has 0 unspecified atom stereocenters. The van der Waals surface area contributed by atoms with Crippen molar-refractivity contribution in [2.45, 2.75) is 26.8 Å². The van der Waals surface area contributed by atoms with Gasteiger partial charge in [0.25, 0.3) is 0 Å². The predicted molar refractivity (Wildman–Crippen MR) is 75.1 cm³/mol. The zero-order valence-corrected chi connectivity index (χ0v) is 12.2. The van der Waals surface area contributed by atoms with Crippen LogP contribution in [0, 0.1) is 6.92 Å². The molecule has 0 radical (unpaired) electrons. The van der Waals surface area contributed by atoms with Crippen LogP contribution in [0.25, 0.3) is 0 Å². The number of aryl methyl sites for hydroxylation is 1. The van der Waals surface area contributed by atoms with Gasteiger partial charge >= 0.3 is 0 Å². The van der Waals surface area contributed by atoms with Crippen LogP contribution in [-0.4, -0.2) is 33.1 Å². The van der Waals surface area contributed by atoms with Crippen molar-refractivity contribution in [3.8, 4) is 5.75 Å². The Kier molecular flexibility index (Phi) is 5.02. The molecule has 0 aliphatic heterocycles. The molecule has 0 aliphatic carbocycles. The summed E-state index contributed by atoms with van der Waals surface area (Å²) in [5.41, 5.74) is 1.94. The molecule has 0 amide bonds. The molecule has 1 N–H and O–H groups in total. The van der Waals surface area contributed by atoms with Crippen molar-refractivity contribution >= 4 is 15.5 Å². The number of anilines is 1. The van der Waals surface area contributed by atoms with E-state index in [2.05, 4.69) is 5.32 Å². The average molecular weight is 271 g/mol. The second kappa shape index (κ2) is 6.09. The first-order chi connectivity index (χ1) is 8.31. The van der Waals surface area contributed by atoms with E-state index in [-0.39, 0.29) is 11.8 Å². The molecule has 1 aromatic carbocycles. The molecular weight excluding hydrogens is 250 g/mol. The third-order valence-electron chi connectivity index (χ3n) is 2.45. The van der Waals surface area contributed by atoms with Gasteiger partial charge in [0.1, 0.15) is 15.6 Å². The molecule has 0 heterocycles. The quantitative estimate of drug-likeness (QED) is 0.862. The molecule has 0 bridgehead atoms. The summed E-state index contributed by atoms with van der Waals surface area (Å²) in [4.78, 5) is 0. The number of rotatable bonds is 6. The maximum atomic E-state index is 11.2. The lowest BCUT2D eigenvalue weighted by Gasteiger charge is -2.16. The maximum absolute atomic E-state index is 11.2. The largest absolute Gasteiger partial charge is 0.494 e. The zero-order valence-electron chi connectivity index (χ0n) is 11.4. The van der Waals surface area contributed by atoms with Crippen molar-refractivity contribution in [3.05, 3.63) is 23.8 Å². The fraction of sp³-hybridized carbons (Fsp3) is 0.538. The first-order valence-corrected chi connectivity index (χ1v) is 8.05. The molecule has 0 spiro atoms. The highest BCUT2D eigenvalue weighted by Crippen LogP contribution is 2.23. The second-order valence-electron chi connectivity index (χ2n) is 4.55. The molecule has 0 aliphatic rings. The minimum absolute atomic E-state index is 0.116. The van der Waals surface area contributed by atoms with E-state index in [1.807, 2.05) is 39.0 Å². The number of benzene rings is 1. The van der Waals surface area contributed by atoms with Gasteiger partial charge in [-0.25, -0.2) is 8.42 Å². The fourth-order valence-electron chi connectivity index (χ4n) is 1.78. The summed E-state index contributed by atoms with van der Waals surface area (Å²) in [6.45, 7) is 6.38. The van der Waals surface area contributed by atoms with E-state index >= 15 is 0 Å². The van der Waals surface area contributed by atoms with Crippen LogP contribution in [-0.2, 0) is 9.84 Å². The van der Waals surface area contributed by atoms with Crippen LogP contribution < -0.4 is 10.1 Å². The molecule has 18 heavy (non-hydrogen) atoms. The topological polar surface area (TPSA) is 55.4 Å². The Bertz CT molecular complexity index is 497. The molecule has 0 aromatic heterocycles. The van der Waals surface area contributed by atoms with Crippen molar-refractivity contribution in [1.82, 2.24) is 0 Å². The van der Waals surface area contributed by atoms with E-state index in [4.69, 9.17) is 4.74 Å². The van der Waals surface area contributed by atoms with Crippen LogP contribution in [0.4, 0.5) is 5.69 Å². The van der Waals surface area contributed by atoms with Gasteiger partial charge in [-0.2, -0.15) is 0 Å². The highest BCUT2D eigenvalue weighted by Gasteiger charge is 2.11. The van der Waals surface area contributed by atoms with Crippen LogP contribution in [0.1, 0.15) is 19.4 Å². The van der Waals surface area contributed by atoms with Gasteiger partial charge in [-0.15, -0.1) is 0 Å². The summed E-state index contributed by atoms with van der Waals surface area (Å²) >= 11 is 0. The Morgan fingerprint density at radius 2 is 2.06 bits per heavy atom. The van der Waals surface area contributed by atoms with Crippen LogP contribution in [0.15, 0.2) is 18.2 Å². The molecule has 5 heteroatoms. The van der Waals surface area contributed by atoms with Crippen molar-refractivity contribution in [1.29, 1.82) is 0 Å². The zero-order chi connectivity index (χ0) is 13.8. The smallest absolute Gasteiger partial charge is 0.149 e. The minimum Gasteiger partial charge on any atom is -0.494 e. The van der Waals surface area contributed by atoms with E-state index in [0.717, 1.165) is 17.0 Å². The van der Waals surface area contributed by atoms with E-state index in [9.17, 15) is 8.42 Å². The van der Waals surface area contributed by atoms with E-state index in [1.165, 1.54) is 6.26 Å². The van der Waals surface area contributed by atoms with Gasteiger partial charge in [0.05, 0.1) is 12.4 Å². The number of hydrogen-bond acceptors (Lipinski definition) is 4. The van der Waals surface area contributed by atoms with E-state index in [0.29, 0.717) is 6.61 Å². The summed E-state index contributed by atoms with van der Waals surface area (Å²) in [5.74, 6) is 0.944. The average Bonchev–Trinajstić information content (AvgIpc) is 2.20. The molecule has 0 saturated carbocycles. The Hall–Kier alpha value is -1.23. The summed E-state index contributed by atoms with van der Waals surface area (Å²) in [6.07, 6.45) is 1.24. The summed E-state index contributed by atoms with van der Waals surface area (Å²) < 4.78 is 27.9. The molecular formula is C13H21NO3S. The van der Waals surface area contributed by atoms with Gasteiger partial charge in [-0.1, -0.05) is 6.07 Å². The summed E-state index contributed by atoms with van der Waals surface area (Å²) in [7, 11) is -2.97. The molecule has 0 fully saturated rings. The number of nitrogens with one attached hydrogen (secondary N) is 1. The number of hydrogen-bond donors (Lipinski definition) is 1. The highest BCUT2D eigenvalue weighted by atomic mass is 32.2. The number of sulfone groups is 1. The van der Waals surface area contributed by atoms with Gasteiger partial charge in [-0.3, -0.25) is 0 Å². The first-order valence-electron chi connectivity index (χ1n) is 5.99. The fourth-order valence-corrected chi connectivity index (χ4v) is 2.77. The van der Waals surface area contributed by atoms with Crippen molar-refractivity contribution < 1.29 is 13.2 Å². The molecule has 0 saturated heterocycles. The molecule has 1 aromatic rings. The SMILES string of the molecule is CCOc1cc(N[C@H](C)CS(C)(=O)=O)ccc1C. The Morgan fingerprint density at radius 1 is 1.39 bits per heavy atom. The van der Waals surface area contributed by atoms with Gasteiger partial charge in [0.2, 0.25) is 0 Å². The lowest BCUT2D eigenvalue weighted by atomic mass is 10.2. The van der Waals surface area contributed by atoms with Crippen molar-refractivity contribution in [3.63, 3.8) is 0 Å². The molecule has 102 valence electrons. The summed E-state index contributed by atoms with van der Waals surface area (Å²) in [5, 5.41) is 3.17. The maximum Gasteiger partial charge on any atom is 0.149 e. The lowest BCUT2D eigenvalue weighted by Crippen LogP contribution is -2.24. The second-order valence-corrected chi connectivity index (χ2v) is 6.74. The lowest BCUT2D eigenvalue weighted by molar-refractivity contribution is 0.338. The Labute approximate surface area is 109 Å². The van der Waals surface area contributed by atoms with E-state index in [1.54, 1.807) is 0 Å². The standard InChI is InChI=1S/C13H21NO3S/c1-5-17-13-8-12(7-6-10(13)2)14-11(3)9-18(4,15)16/h6-8,11,14H,5,9H2,1-4H3/t11-/m1/s1. The third kappa shape index (κ3) is 4.96. The third-order valence-corrected chi connectivity index (χ3v) is 3.56. The van der Waals surface area contributed by atoms with Gasteiger partial charge < -0.3 is 10.1 Å². The molecule has 1 atom stereocenters. The van der Waals surface area contributed by atoms with Crippen LogP contribution >= 0.6 is 0 Å². The normalized spacial score (nSPS) is 13.1. The number of ether oxygens (including phenoxy) is 1. The van der Waals surface area contributed by atoms with Crippen LogP contribution in [0.3, 0.4) is 0 Å².